The van der Waals surface area contributed by atoms with Gasteiger partial charge in [-0.2, -0.15) is 0 Å². The van der Waals surface area contributed by atoms with Crippen LogP contribution >= 0.6 is 11.6 Å². The Morgan fingerprint density at radius 2 is 1.90 bits per heavy atom. The van der Waals surface area contributed by atoms with Gasteiger partial charge in [0, 0.05) is 24.2 Å². The van der Waals surface area contributed by atoms with Gasteiger partial charge in [0.1, 0.15) is 0 Å². The second-order valence-corrected chi connectivity index (χ2v) is 5.53. The molecular weight excluding hydrogens is 282 g/mol. The van der Waals surface area contributed by atoms with Gasteiger partial charge in [0.05, 0.1) is 17.4 Å². The zero-order valence-electron chi connectivity index (χ0n) is 12.0. The van der Waals surface area contributed by atoms with Crippen molar-refractivity contribution < 1.29 is 0 Å². The van der Waals surface area contributed by atoms with Crippen molar-refractivity contribution in [1.82, 2.24) is 14.9 Å². The van der Waals surface area contributed by atoms with Crippen LogP contribution in [-0.2, 0) is 6.54 Å². The van der Waals surface area contributed by atoms with Gasteiger partial charge in [0.2, 0.25) is 0 Å². The van der Waals surface area contributed by atoms with E-state index in [1.54, 1.807) is 0 Å². The number of nitrogens with one attached hydrogen (secondary N) is 1. The van der Waals surface area contributed by atoms with Crippen LogP contribution in [0.5, 0.6) is 0 Å². The maximum atomic E-state index is 6.22. The van der Waals surface area contributed by atoms with Gasteiger partial charge in [-0.1, -0.05) is 41.9 Å². The zero-order valence-corrected chi connectivity index (χ0v) is 12.7. The highest BCUT2D eigenvalue weighted by Crippen LogP contribution is 2.22. The lowest BCUT2D eigenvalue weighted by molar-refractivity contribution is 0.536. The molecule has 4 heteroatoms. The van der Waals surface area contributed by atoms with Crippen LogP contribution in [0.25, 0.3) is 11.0 Å². The van der Waals surface area contributed by atoms with Crippen LogP contribution in [0.4, 0.5) is 0 Å². The fourth-order valence-corrected chi connectivity index (χ4v) is 2.83. The summed E-state index contributed by atoms with van der Waals surface area (Å²) in [5, 5.41) is 4.32. The average Bonchev–Trinajstić information content (AvgIpc) is 2.91. The summed E-state index contributed by atoms with van der Waals surface area (Å²) in [4.78, 5) is 4.40. The molecule has 1 N–H and O–H groups in total. The Kier molecular flexibility index (Phi) is 4.23. The summed E-state index contributed by atoms with van der Waals surface area (Å²) in [7, 11) is 0. The number of hydrogen-bond donors (Lipinski definition) is 1. The molecule has 1 atom stereocenters. The van der Waals surface area contributed by atoms with Gasteiger partial charge in [-0.25, -0.2) is 4.98 Å². The van der Waals surface area contributed by atoms with Crippen LogP contribution in [0.1, 0.15) is 18.5 Å². The standard InChI is InChI=1S/C17H18ClN3/c1-13(14-6-2-3-7-15(14)18)19-10-11-21-12-20-16-8-4-5-9-17(16)21/h2-9,12-13,19H,10-11H2,1H3/t13-/m0/s1. The third-order valence-corrected chi connectivity index (χ3v) is 4.05. The van der Waals surface area contributed by atoms with Gasteiger partial charge in [0.25, 0.3) is 0 Å². The van der Waals surface area contributed by atoms with E-state index in [-0.39, 0.29) is 6.04 Å². The number of imidazole rings is 1. The predicted octanol–water partition coefficient (Wildman–Crippen LogP) is 4.04. The number of benzene rings is 2. The molecule has 0 fully saturated rings. The van der Waals surface area contributed by atoms with Crippen molar-refractivity contribution in [3.05, 3.63) is 65.4 Å². The first-order valence-corrected chi connectivity index (χ1v) is 7.51. The summed E-state index contributed by atoms with van der Waals surface area (Å²) < 4.78 is 2.17. The maximum absolute atomic E-state index is 6.22. The maximum Gasteiger partial charge on any atom is 0.0958 e. The van der Waals surface area contributed by atoms with E-state index in [0.29, 0.717) is 0 Å². The molecular formula is C17H18ClN3. The smallest absolute Gasteiger partial charge is 0.0958 e. The molecule has 0 aliphatic heterocycles. The van der Waals surface area contributed by atoms with E-state index in [1.165, 1.54) is 5.52 Å². The third-order valence-electron chi connectivity index (χ3n) is 3.70. The Labute approximate surface area is 129 Å². The lowest BCUT2D eigenvalue weighted by Crippen LogP contribution is -2.23. The number of hydrogen-bond acceptors (Lipinski definition) is 2. The summed E-state index contributed by atoms with van der Waals surface area (Å²) in [5.74, 6) is 0. The highest BCUT2D eigenvalue weighted by molar-refractivity contribution is 6.31. The molecule has 0 saturated heterocycles. The van der Waals surface area contributed by atoms with Gasteiger partial charge >= 0.3 is 0 Å². The number of fused-ring (bicyclic) bond motifs is 1. The Hall–Kier alpha value is -1.84. The van der Waals surface area contributed by atoms with Crippen LogP contribution < -0.4 is 5.32 Å². The molecule has 3 aromatic rings. The fourth-order valence-electron chi connectivity index (χ4n) is 2.53. The Balaban J connectivity index is 1.62. The van der Waals surface area contributed by atoms with Gasteiger partial charge < -0.3 is 9.88 Å². The molecule has 1 aromatic heterocycles. The van der Waals surface area contributed by atoms with Crippen LogP contribution in [0, 0.1) is 0 Å². The second-order valence-electron chi connectivity index (χ2n) is 5.12. The van der Waals surface area contributed by atoms with Gasteiger partial charge in [-0.3, -0.25) is 0 Å². The zero-order chi connectivity index (χ0) is 14.7. The van der Waals surface area contributed by atoms with Gasteiger partial charge in [0.15, 0.2) is 0 Å². The van der Waals surface area contributed by atoms with E-state index in [1.807, 2.05) is 42.7 Å². The number of para-hydroxylation sites is 2. The van der Waals surface area contributed by atoms with E-state index in [2.05, 4.69) is 33.9 Å². The molecule has 21 heavy (non-hydrogen) atoms. The Morgan fingerprint density at radius 3 is 2.76 bits per heavy atom. The van der Waals surface area contributed by atoms with Gasteiger partial charge in [-0.05, 0) is 30.7 Å². The Bertz CT molecular complexity index is 735. The molecule has 0 unspecified atom stereocenters. The van der Waals surface area contributed by atoms with Crippen molar-refractivity contribution in [1.29, 1.82) is 0 Å². The van der Waals surface area contributed by atoms with Crippen molar-refractivity contribution in [2.75, 3.05) is 6.54 Å². The minimum absolute atomic E-state index is 0.230. The van der Waals surface area contributed by atoms with Crippen molar-refractivity contribution in [2.24, 2.45) is 0 Å². The summed E-state index contributed by atoms with van der Waals surface area (Å²) in [6.45, 7) is 3.88. The van der Waals surface area contributed by atoms with Crippen molar-refractivity contribution in [2.45, 2.75) is 19.5 Å². The SMILES string of the molecule is C[C@H](NCCn1cnc2ccccc21)c1ccccc1Cl. The predicted molar refractivity (Wildman–Crippen MR) is 87.6 cm³/mol. The fraction of sp³-hybridized carbons (Fsp3) is 0.235. The number of halogens is 1. The third kappa shape index (κ3) is 3.09. The van der Waals surface area contributed by atoms with E-state index in [9.17, 15) is 0 Å². The summed E-state index contributed by atoms with van der Waals surface area (Å²) >= 11 is 6.22. The van der Waals surface area contributed by atoms with E-state index in [0.717, 1.165) is 29.2 Å². The normalized spacial score (nSPS) is 12.7. The largest absolute Gasteiger partial charge is 0.329 e. The number of rotatable bonds is 5. The minimum Gasteiger partial charge on any atom is -0.329 e. The summed E-state index contributed by atoms with van der Waals surface area (Å²) in [6, 6.07) is 16.4. The van der Waals surface area contributed by atoms with E-state index >= 15 is 0 Å². The molecule has 3 nitrogen and oxygen atoms in total. The van der Waals surface area contributed by atoms with E-state index in [4.69, 9.17) is 11.6 Å². The first-order valence-electron chi connectivity index (χ1n) is 7.13. The van der Waals surface area contributed by atoms with Crippen LogP contribution in [0.15, 0.2) is 54.9 Å². The average molecular weight is 300 g/mol. The first-order chi connectivity index (χ1) is 10.3. The molecule has 0 aliphatic carbocycles. The molecule has 2 aromatic carbocycles. The first kappa shape index (κ1) is 14.1. The van der Waals surface area contributed by atoms with Crippen LogP contribution in [0.3, 0.4) is 0 Å². The molecule has 1 heterocycles. The van der Waals surface area contributed by atoms with Crippen molar-refractivity contribution >= 4 is 22.6 Å². The number of nitrogens with zero attached hydrogens (tertiary/aromatic N) is 2. The quantitative estimate of drug-likeness (QED) is 0.770. The molecule has 0 radical (unpaired) electrons. The lowest BCUT2D eigenvalue weighted by Gasteiger charge is -2.16. The lowest BCUT2D eigenvalue weighted by atomic mass is 10.1. The topological polar surface area (TPSA) is 29.9 Å². The van der Waals surface area contributed by atoms with E-state index < -0.39 is 0 Å². The summed E-state index contributed by atoms with van der Waals surface area (Å²) in [6.07, 6.45) is 1.90. The molecule has 108 valence electrons. The van der Waals surface area contributed by atoms with Crippen LogP contribution in [0.2, 0.25) is 5.02 Å². The highest BCUT2D eigenvalue weighted by atomic mass is 35.5. The van der Waals surface area contributed by atoms with Crippen molar-refractivity contribution in [3.63, 3.8) is 0 Å². The minimum atomic E-state index is 0.230. The Morgan fingerprint density at radius 1 is 1.14 bits per heavy atom. The molecule has 0 spiro atoms. The second kappa shape index (κ2) is 6.29. The van der Waals surface area contributed by atoms with Crippen molar-refractivity contribution in [3.8, 4) is 0 Å². The monoisotopic (exact) mass is 299 g/mol. The molecule has 3 rings (SSSR count). The van der Waals surface area contributed by atoms with Crippen LogP contribution in [-0.4, -0.2) is 16.1 Å². The summed E-state index contributed by atoms with van der Waals surface area (Å²) in [5.41, 5.74) is 3.34. The molecule has 0 saturated carbocycles. The number of aromatic nitrogens is 2. The highest BCUT2D eigenvalue weighted by Gasteiger charge is 2.08. The molecule has 0 aliphatic rings. The molecule has 0 amide bonds. The molecule has 0 bridgehead atoms. The van der Waals surface area contributed by atoms with Gasteiger partial charge in [-0.15, -0.1) is 0 Å².